The molecule has 36 heavy (non-hydrogen) atoms. The average molecular weight is 529 g/mol. The SMILES string of the molecule is CCOCCOCCOC1O[C@H](CO)[C@H](O)[C@H](OCCOCCOCC)[C@H]1OCCOCCOCC. The molecular formula is C24H48O12. The van der Waals surface area contributed by atoms with Crippen molar-refractivity contribution in [2.75, 3.05) is 106 Å². The van der Waals surface area contributed by atoms with Crippen molar-refractivity contribution >= 4 is 0 Å². The molecule has 1 unspecified atom stereocenters. The molecule has 0 aromatic rings. The van der Waals surface area contributed by atoms with Crippen molar-refractivity contribution in [3.05, 3.63) is 0 Å². The lowest BCUT2D eigenvalue weighted by atomic mass is 9.98. The average Bonchev–Trinajstić information content (AvgIpc) is 2.89. The van der Waals surface area contributed by atoms with Crippen molar-refractivity contribution in [2.24, 2.45) is 0 Å². The molecule has 1 aliphatic heterocycles. The summed E-state index contributed by atoms with van der Waals surface area (Å²) in [5, 5.41) is 20.5. The molecule has 216 valence electrons. The normalized spacial score (nSPS) is 24.4. The molecule has 12 heteroatoms. The third-order valence-corrected chi connectivity index (χ3v) is 5.11. The Morgan fingerprint density at radius 2 is 0.917 bits per heavy atom. The van der Waals surface area contributed by atoms with Crippen LogP contribution in [-0.2, 0) is 47.4 Å². The summed E-state index contributed by atoms with van der Waals surface area (Å²) in [4.78, 5) is 0. The first kappa shape index (κ1) is 33.5. The second-order valence-corrected chi connectivity index (χ2v) is 7.69. The molecule has 0 aromatic carbocycles. The van der Waals surface area contributed by atoms with E-state index in [1.54, 1.807) is 0 Å². The van der Waals surface area contributed by atoms with E-state index in [0.29, 0.717) is 79.3 Å². The summed E-state index contributed by atoms with van der Waals surface area (Å²) in [6, 6.07) is 0. The van der Waals surface area contributed by atoms with Gasteiger partial charge in [0.15, 0.2) is 6.29 Å². The number of aliphatic hydroxyl groups excluding tert-OH is 2. The molecule has 12 nitrogen and oxygen atoms in total. The van der Waals surface area contributed by atoms with E-state index in [-0.39, 0.29) is 19.8 Å². The quantitative estimate of drug-likeness (QED) is 0.155. The van der Waals surface area contributed by atoms with Crippen molar-refractivity contribution < 1.29 is 57.6 Å². The predicted octanol–water partition coefficient (Wildman–Crippen LogP) is 0.0108. The van der Waals surface area contributed by atoms with Gasteiger partial charge in [0, 0.05) is 19.8 Å². The number of ether oxygens (including phenoxy) is 10. The molecule has 0 aliphatic carbocycles. The summed E-state index contributed by atoms with van der Waals surface area (Å²) in [5.41, 5.74) is 0. The monoisotopic (exact) mass is 528 g/mol. The maximum Gasteiger partial charge on any atom is 0.187 e. The van der Waals surface area contributed by atoms with Crippen LogP contribution in [0.5, 0.6) is 0 Å². The Bertz CT molecular complexity index is 472. The van der Waals surface area contributed by atoms with Gasteiger partial charge in [0.25, 0.3) is 0 Å². The Kier molecular flexibility index (Phi) is 22.0. The molecule has 0 saturated carbocycles. The number of rotatable bonds is 25. The zero-order chi connectivity index (χ0) is 26.3. The molecule has 0 spiro atoms. The first-order chi connectivity index (χ1) is 17.7. The Hall–Kier alpha value is -0.480. The van der Waals surface area contributed by atoms with Crippen LogP contribution in [0.15, 0.2) is 0 Å². The van der Waals surface area contributed by atoms with Crippen LogP contribution in [0.3, 0.4) is 0 Å². The van der Waals surface area contributed by atoms with Gasteiger partial charge < -0.3 is 57.6 Å². The Morgan fingerprint density at radius 3 is 1.36 bits per heavy atom. The summed E-state index contributed by atoms with van der Waals surface area (Å²) in [6.07, 6.45) is -4.46. The highest BCUT2D eigenvalue weighted by atomic mass is 16.7. The zero-order valence-corrected chi connectivity index (χ0v) is 22.2. The van der Waals surface area contributed by atoms with E-state index < -0.39 is 37.3 Å². The van der Waals surface area contributed by atoms with Crippen molar-refractivity contribution in [1.29, 1.82) is 0 Å². The molecule has 1 saturated heterocycles. The van der Waals surface area contributed by atoms with Crippen molar-refractivity contribution in [3.63, 3.8) is 0 Å². The largest absolute Gasteiger partial charge is 0.394 e. The lowest BCUT2D eigenvalue weighted by molar-refractivity contribution is -0.319. The Balaban J connectivity index is 2.62. The fraction of sp³-hybridized carbons (Fsp3) is 1.00. The van der Waals surface area contributed by atoms with Gasteiger partial charge in [0.1, 0.15) is 24.4 Å². The van der Waals surface area contributed by atoms with Crippen molar-refractivity contribution in [2.45, 2.75) is 51.5 Å². The number of aliphatic hydroxyl groups is 2. The van der Waals surface area contributed by atoms with E-state index in [1.165, 1.54) is 0 Å². The minimum absolute atomic E-state index is 0.212. The van der Waals surface area contributed by atoms with Gasteiger partial charge in [-0.3, -0.25) is 0 Å². The fourth-order valence-electron chi connectivity index (χ4n) is 3.35. The maximum absolute atomic E-state index is 10.8. The second kappa shape index (κ2) is 23.6. The van der Waals surface area contributed by atoms with E-state index in [2.05, 4.69) is 0 Å². The molecule has 1 fully saturated rings. The summed E-state index contributed by atoms with van der Waals surface area (Å²) in [6.45, 7) is 11.7. The summed E-state index contributed by atoms with van der Waals surface area (Å²) in [5.74, 6) is 0. The Morgan fingerprint density at radius 1 is 0.528 bits per heavy atom. The lowest BCUT2D eigenvalue weighted by Crippen LogP contribution is -2.61. The van der Waals surface area contributed by atoms with Crippen LogP contribution < -0.4 is 0 Å². The van der Waals surface area contributed by atoms with Gasteiger partial charge in [0.2, 0.25) is 0 Å². The van der Waals surface area contributed by atoms with Crippen molar-refractivity contribution in [3.8, 4) is 0 Å². The van der Waals surface area contributed by atoms with E-state index in [0.717, 1.165) is 0 Å². The van der Waals surface area contributed by atoms with E-state index >= 15 is 0 Å². The van der Waals surface area contributed by atoms with Gasteiger partial charge in [-0.2, -0.15) is 0 Å². The molecule has 0 radical (unpaired) electrons. The van der Waals surface area contributed by atoms with E-state index in [9.17, 15) is 10.2 Å². The summed E-state index contributed by atoms with van der Waals surface area (Å²) in [7, 11) is 0. The van der Waals surface area contributed by atoms with Crippen LogP contribution in [0.25, 0.3) is 0 Å². The van der Waals surface area contributed by atoms with Crippen LogP contribution >= 0.6 is 0 Å². The van der Waals surface area contributed by atoms with Gasteiger partial charge in [-0.25, -0.2) is 0 Å². The first-order valence-corrected chi connectivity index (χ1v) is 12.9. The van der Waals surface area contributed by atoms with Gasteiger partial charge in [-0.15, -0.1) is 0 Å². The van der Waals surface area contributed by atoms with Crippen LogP contribution in [0, 0.1) is 0 Å². The third-order valence-electron chi connectivity index (χ3n) is 5.11. The number of hydrogen-bond donors (Lipinski definition) is 2. The standard InChI is InChI=1S/C24H48O12/c1-4-27-7-10-30-13-16-33-22-21(26)20(19-25)36-24(35-18-15-32-12-9-29-6-3)23(22)34-17-14-31-11-8-28-5-2/h20-26H,4-19H2,1-3H3/t20-,21+,22+,23-,24?/m1/s1. The second-order valence-electron chi connectivity index (χ2n) is 7.69. The summed E-state index contributed by atoms with van der Waals surface area (Å²) < 4.78 is 55.9. The highest BCUT2D eigenvalue weighted by Crippen LogP contribution is 2.27. The lowest BCUT2D eigenvalue weighted by Gasteiger charge is -2.43. The van der Waals surface area contributed by atoms with Gasteiger partial charge >= 0.3 is 0 Å². The summed E-state index contributed by atoms with van der Waals surface area (Å²) >= 11 is 0. The molecular weight excluding hydrogens is 480 g/mol. The van der Waals surface area contributed by atoms with E-state index in [4.69, 9.17) is 47.4 Å². The highest BCUT2D eigenvalue weighted by Gasteiger charge is 2.47. The van der Waals surface area contributed by atoms with E-state index in [1.807, 2.05) is 20.8 Å². The van der Waals surface area contributed by atoms with Gasteiger partial charge in [0.05, 0.1) is 85.9 Å². The first-order valence-electron chi connectivity index (χ1n) is 12.9. The molecule has 5 atom stereocenters. The zero-order valence-electron chi connectivity index (χ0n) is 22.2. The third kappa shape index (κ3) is 15.1. The Labute approximate surface area is 215 Å². The van der Waals surface area contributed by atoms with Gasteiger partial charge in [-0.05, 0) is 20.8 Å². The molecule has 0 aromatic heterocycles. The fourth-order valence-corrected chi connectivity index (χ4v) is 3.35. The van der Waals surface area contributed by atoms with Crippen LogP contribution in [0.4, 0.5) is 0 Å². The molecule has 0 bridgehead atoms. The van der Waals surface area contributed by atoms with Crippen LogP contribution in [0.1, 0.15) is 20.8 Å². The van der Waals surface area contributed by atoms with Crippen LogP contribution in [0.2, 0.25) is 0 Å². The smallest absolute Gasteiger partial charge is 0.187 e. The molecule has 1 rings (SSSR count). The molecule has 1 heterocycles. The van der Waals surface area contributed by atoms with Crippen LogP contribution in [-0.4, -0.2) is 147 Å². The highest BCUT2D eigenvalue weighted by molar-refractivity contribution is 4.91. The van der Waals surface area contributed by atoms with Crippen molar-refractivity contribution in [1.82, 2.24) is 0 Å². The topological polar surface area (TPSA) is 133 Å². The number of hydrogen-bond acceptors (Lipinski definition) is 12. The minimum Gasteiger partial charge on any atom is -0.394 e. The molecule has 1 aliphatic rings. The molecule has 2 N–H and O–H groups in total. The molecule has 0 amide bonds. The minimum atomic E-state index is -1.12. The van der Waals surface area contributed by atoms with Gasteiger partial charge in [-0.1, -0.05) is 0 Å². The predicted molar refractivity (Wildman–Crippen MR) is 129 cm³/mol. The maximum atomic E-state index is 10.8.